The molecular formula is C19H23NO. The zero-order valence-corrected chi connectivity index (χ0v) is 12.6. The first-order valence-electron chi connectivity index (χ1n) is 7.77. The SMILES string of the molecule is CN1CCCC(OC(c2ccccc2)c2ccccc2)C1. The predicted molar refractivity (Wildman–Crippen MR) is 86.3 cm³/mol. The topological polar surface area (TPSA) is 12.5 Å². The number of benzene rings is 2. The molecule has 0 aliphatic carbocycles. The van der Waals surface area contributed by atoms with E-state index in [1.54, 1.807) is 0 Å². The molecule has 0 saturated carbocycles. The highest BCUT2D eigenvalue weighted by Gasteiger charge is 2.23. The van der Waals surface area contributed by atoms with Crippen LogP contribution in [0, 0.1) is 0 Å². The van der Waals surface area contributed by atoms with Gasteiger partial charge in [0.05, 0.1) is 6.10 Å². The van der Waals surface area contributed by atoms with Gasteiger partial charge in [-0.15, -0.1) is 0 Å². The van der Waals surface area contributed by atoms with Crippen LogP contribution in [-0.4, -0.2) is 31.1 Å². The Bertz CT molecular complexity index is 501. The number of likely N-dealkylation sites (tertiary alicyclic amines) is 1. The van der Waals surface area contributed by atoms with Gasteiger partial charge >= 0.3 is 0 Å². The standard InChI is InChI=1S/C19H23NO/c1-20-14-8-13-18(15-20)21-19(16-9-4-2-5-10-16)17-11-6-3-7-12-17/h2-7,9-12,18-19H,8,13-15H2,1H3. The van der Waals surface area contributed by atoms with Crippen LogP contribution in [0.4, 0.5) is 0 Å². The Morgan fingerprint density at radius 1 is 0.952 bits per heavy atom. The largest absolute Gasteiger partial charge is 0.364 e. The van der Waals surface area contributed by atoms with Gasteiger partial charge in [0.2, 0.25) is 0 Å². The van der Waals surface area contributed by atoms with Gasteiger partial charge < -0.3 is 9.64 Å². The zero-order valence-electron chi connectivity index (χ0n) is 12.6. The van der Waals surface area contributed by atoms with Crippen LogP contribution >= 0.6 is 0 Å². The summed E-state index contributed by atoms with van der Waals surface area (Å²) in [6, 6.07) is 21.1. The lowest BCUT2D eigenvalue weighted by molar-refractivity contribution is -0.0281. The maximum absolute atomic E-state index is 6.49. The van der Waals surface area contributed by atoms with Gasteiger partial charge in [0, 0.05) is 6.54 Å². The maximum Gasteiger partial charge on any atom is 0.108 e. The summed E-state index contributed by atoms with van der Waals surface area (Å²) in [5, 5.41) is 0. The van der Waals surface area contributed by atoms with Crippen molar-refractivity contribution < 1.29 is 4.74 Å². The summed E-state index contributed by atoms with van der Waals surface area (Å²) >= 11 is 0. The molecule has 0 amide bonds. The second-order valence-corrected chi connectivity index (χ2v) is 5.86. The molecule has 2 heteroatoms. The fourth-order valence-corrected chi connectivity index (χ4v) is 3.03. The van der Waals surface area contributed by atoms with E-state index in [1.165, 1.54) is 24.1 Å². The summed E-state index contributed by atoms with van der Waals surface area (Å²) in [5.74, 6) is 0. The average Bonchev–Trinajstić information content (AvgIpc) is 2.54. The van der Waals surface area contributed by atoms with Gasteiger partial charge in [-0.1, -0.05) is 60.7 Å². The summed E-state index contributed by atoms with van der Waals surface area (Å²) in [4.78, 5) is 2.36. The van der Waals surface area contributed by atoms with Crippen molar-refractivity contribution in [3.8, 4) is 0 Å². The average molecular weight is 281 g/mol. The molecule has 3 rings (SSSR count). The van der Waals surface area contributed by atoms with Crippen molar-refractivity contribution in [3.05, 3.63) is 71.8 Å². The molecule has 2 aromatic rings. The van der Waals surface area contributed by atoms with E-state index >= 15 is 0 Å². The van der Waals surface area contributed by atoms with Gasteiger partial charge in [0.1, 0.15) is 6.10 Å². The maximum atomic E-state index is 6.49. The molecule has 1 atom stereocenters. The predicted octanol–water partition coefficient (Wildman–Crippen LogP) is 3.89. The summed E-state index contributed by atoms with van der Waals surface area (Å²) in [5.41, 5.74) is 2.47. The van der Waals surface area contributed by atoms with Crippen molar-refractivity contribution in [2.24, 2.45) is 0 Å². The minimum Gasteiger partial charge on any atom is -0.364 e. The Kier molecular flexibility index (Phi) is 4.69. The van der Waals surface area contributed by atoms with E-state index in [0.29, 0.717) is 6.10 Å². The Morgan fingerprint density at radius 3 is 2.05 bits per heavy atom. The number of rotatable bonds is 4. The van der Waals surface area contributed by atoms with Gasteiger partial charge in [-0.25, -0.2) is 0 Å². The number of likely N-dealkylation sites (N-methyl/N-ethyl adjacent to an activating group) is 1. The molecule has 1 unspecified atom stereocenters. The second-order valence-electron chi connectivity index (χ2n) is 5.86. The Hall–Kier alpha value is -1.64. The van der Waals surface area contributed by atoms with Gasteiger partial charge in [-0.3, -0.25) is 0 Å². The van der Waals surface area contributed by atoms with Crippen LogP contribution in [0.1, 0.15) is 30.1 Å². The molecular weight excluding hydrogens is 258 g/mol. The lowest BCUT2D eigenvalue weighted by atomic mass is 10.0. The lowest BCUT2D eigenvalue weighted by Crippen LogP contribution is -2.37. The Balaban J connectivity index is 1.83. The molecule has 2 nitrogen and oxygen atoms in total. The monoisotopic (exact) mass is 281 g/mol. The van der Waals surface area contributed by atoms with Crippen molar-refractivity contribution in [3.63, 3.8) is 0 Å². The van der Waals surface area contributed by atoms with Crippen molar-refractivity contribution in [1.82, 2.24) is 4.90 Å². The molecule has 0 N–H and O–H groups in total. The smallest absolute Gasteiger partial charge is 0.108 e. The van der Waals surface area contributed by atoms with Crippen molar-refractivity contribution in [1.29, 1.82) is 0 Å². The van der Waals surface area contributed by atoms with Crippen LogP contribution in [0.25, 0.3) is 0 Å². The molecule has 0 spiro atoms. The first-order valence-corrected chi connectivity index (χ1v) is 7.77. The van der Waals surface area contributed by atoms with E-state index in [1.807, 2.05) is 0 Å². The van der Waals surface area contributed by atoms with E-state index in [4.69, 9.17) is 4.74 Å². The summed E-state index contributed by atoms with van der Waals surface area (Å²) in [6.45, 7) is 2.21. The number of ether oxygens (including phenoxy) is 1. The van der Waals surface area contributed by atoms with Gasteiger partial charge in [-0.2, -0.15) is 0 Å². The third kappa shape index (κ3) is 3.72. The minimum atomic E-state index is 0.0314. The number of hydrogen-bond donors (Lipinski definition) is 0. The molecule has 21 heavy (non-hydrogen) atoms. The van der Waals surface area contributed by atoms with Crippen LogP contribution in [0.5, 0.6) is 0 Å². The third-order valence-corrected chi connectivity index (χ3v) is 4.11. The minimum absolute atomic E-state index is 0.0314. The quantitative estimate of drug-likeness (QED) is 0.843. The molecule has 1 aliphatic heterocycles. The van der Waals surface area contributed by atoms with Crippen LogP contribution in [0.3, 0.4) is 0 Å². The first kappa shape index (κ1) is 14.3. The van der Waals surface area contributed by atoms with E-state index in [9.17, 15) is 0 Å². The number of piperidine rings is 1. The zero-order chi connectivity index (χ0) is 14.5. The molecule has 1 saturated heterocycles. The van der Waals surface area contributed by atoms with E-state index in [-0.39, 0.29) is 6.10 Å². The van der Waals surface area contributed by atoms with Crippen LogP contribution in [0.15, 0.2) is 60.7 Å². The van der Waals surface area contributed by atoms with Crippen molar-refractivity contribution in [2.45, 2.75) is 25.0 Å². The van der Waals surface area contributed by atoms with Crippen molar-refractivity contribution in [2.75, 3.05) is 20.1 Å². The van der Waals surface area contributed by atoms with Crippen LogP contribution in [-0.2, 0) is 4.74 Å². The molecule has 2 aromatic carbocycles. The normalized spacial score (nSPS) is 19.8. The van der Waals surface area contributed by atoms with Gasteiger partial charge in [0.25, 0.3) is 0 Å². The highest BCUT2D eigenvalue weighted by Crippen LogP contribution is 2.29. The van der Waals surface area contributed by atoms with Crippen LogP contribution < -0.4 is 0 Å². The molecule has 110 valence electrons. The molecule has 1 heterocycles. The molecule has 0 bridgehead atoms. The summed E-state index contributed by atoms with van der Waals surface area (Å²) in [6.07, 6.45) is 2.72. The fourth-order valence-electron chi connectivity index (χ4n) is 3.03. The van der Waals surface area contributed by atoms with Gasteiger partial charge in [0.15, 0.2) is 0 Å². The number of hydrogen-bond acceptors (Lipinski definition) is 2. The molecule has 0 radical (unpaired) electrons. The van der Waals surface area contributed by atoms with Crippen LogP contribution in [0.2, 0.25) is 0 Å². The third-order valence-electron chi connectivity index (χ3n) is 4.11. The molecule has 1 fully saturated rings. The van der Waals surface area contributed by atoms with E-state index < -0.39 is 0 Å². The molecule has 0 aromatic heterocycles. The highest BCUT2D eigenvalue weighted by atomic mass is 16.5. The van der Waals surface area contributed by atoms with E-state index in [2.05, 4.69) is 72.6 Å². The van der Waals surface area contributed by atoms with Crippen molar-refractivity contribution >= 4 is 0 Å². The van der Waals surface area contributed by atoms with Gasteiger partial charge in [-0.05, 0) is 37.6 Å². The highest BCUT2D eigenvalue weighted by molar-refractivity contribution is 5.30. The second kappa shape index (κ2) is 6.88. The summed E-state index contributed by atoms with van der Waals surface area (Å²) < 4.78 is 6.49. The summed E-state index contributed by atoms with van der Waals surface area (Å²) in [7, 11) is 2.18. The molecule has 1 aliphatic rings. The van der Waals surface area contributed by atoms with E-state index in [0.717, 1.165) is 13.0 Å². The number of nitrogens with zero attached hydrogens (tertiary/aromatic N) is 1. The Morgan fingerprint density at radius 2 is 1.52 bits per heavy atom. The Labute approximate surface area is 127 Å². The first-order chi connectivity index (χ1) is 10.3. The lowest BCUT2D eigenvalue weighted by Gasteiger charge is -2.33. The fraction of sp³-hybridized carbons (Fsp3) is 0.368.